The highest BCUT2D eigenvalue weighted by Gasteiger charge is 2.29. The molecule has 0 fully saturated rings. The maximum Gasteiger partial charge on any atom is 0.271 e. The first-order valence-electron chi connectivity index (χ1n) is 8.01. The summed E-state index contributed by atoms with van der Waals surface area (Å²) in [6, 6.07) is 11.0. The summed E-state index contributed by atoms with van der Waals surface area (Å²) in [7, 11) is 1.85. The molecule has 2 aromatic carbocycles. The molecule has 0 unspecified atom stereocenters. The van der Waals surface area contributed by atoms with Gasteiger partial charge in [0.1, 0.15) is 0 Å². The number of hydrogen-bond acceptors (Lipinski definition) is 2. The van der Waals surface area contributed by atoms with Gasteiger partial charge in [0.15, 0.2) is 0 Å². The van der Waals surface area contributed by atoms with E-state index >= 15 is 0 Å². The van der Waals surface area contributed by atoms with Gasteiger partial charge in [-0.25, -0.2) is 8.78 Å². The SMILES string of the molecule is CNCC(C)=Nc1cc(-c2cccc(C)c2)c(C(C)(F)F)cc1C. The molecule has 0 radical (unpaired) electrons. The van der Waals surface area contributed by atoms with Gasteiger partial charge in [0.2, 0.25) is 0 Å². The van der Waals surface area contributed by atoms with Crippen molar-refractivity contribution < 1.29 is 8.78 Å². The molecule has 0 aliphatic rings. The van der Waals surface area contributed by atoms with Gasteiger partial charge in [-0.2, -0.15) is 0 Å². The maximum atomic E-state index is 14.2. The van der Waals surface area contributed by atoms with Crippen molar-refractivity contribution in [1.82, 2.24) is 5.32 Å². The largest absolute Gasteiger partial charge is 0.315 e. The number of nitrogens with zero attached hydrogens (tertiary/aromatic N) is 1. The lowest BCUT2D eigenvalue weighted by molar-refractivity contribution is 0.0180. The minimum absolute atomic E-state index is 0.0378. The van der Waals surface area contributed by atoms with Crippen LogP contribution in [0.15, 0.2) is 41.4 Å². The van der Waals surface area contributed by atoms with Crippen molar-refractivity contribution in [3.05, 3.63) is 53.1 Å². The molecule has 2 rings (SSSR count). The molecule has 0 saturated carbocycles. The van der Waals surface area contributed by atoms with Crippen molar-refractivity contribution in [2.24, 2.45) is 4.99 Å². The van der Waals surface area contributed by atoms with Crippen LogP contribution in [0.3, 0.4) is 0 Å². The summed E-state index contributed by atoms with van der Waals surface area (Å²) in [6.45, 7) is 7.30. The lowest BCUT2D eigenvalue weighted by Gasteiger charge is -2.19. The average molecular weight is 330 g/mol. The third-order valence-corrected chi connectivity index (χ3v) is 3.88. The first-order valence-corrected chi connectivity index (χ1v) is 8.01. The monoisotopic (exact) mass is 330 g/mol. The van der Waals surface area contributed by atoms with E-state index in [0.29, 0.717) is 12.1 Å². The van der Waals surface area contributed by atoms with Crippen LogP contribution in [0.2, 0.25) is 0 Å². The zero-order valence-electron chi connectivity index (χ0n) is 14.9. The summed E-state index contributed by atoms with van der Waals surface area (Å²) in [5.41, 5.74) is 4.78. The Hall–Kier alpha value is -2.07. The summed E-state index contributed by atoms with van der Waals surface area (Å²) >= 11 is 0. The number of aliphatic imine (C=N–C) groups is 1. The van der Waals surface area contributed by atoms with Gasteiger partial charge in [0.05, 0.1) is 5.69 Å². The molecule has 1 N–H and O–H groups in total. The molecule has 0 aromatic heterocycles. The third-order valence-electron chi connectivity index (χ3n) is 3.88. The van der Waals surface area contributed by atoms with E-state index in [1.807, 2.05) is 52.1 Å². The molecule has 0 atom stereocenters. The number of hydrogen-bond donors (Lipinski definition) is 1. The Bertz CT molecular complexity index is 759. The van der Waals surface area contributed by atoms with Crippen LogP contribution in [0.5, 0.6) is 0 Å². The maximum absolute atomic E-state index is 14.2. The smallest absolute Gasteiger partial charge is 0.271 e. The fraction of sp³-hybridized carbons (Fsp3) is 0.350. The van der Waals surface area contributed by atoms with Crippen molar-refractivity contribution >= 4 is 11.4 Å². The van der Waals surface area contributed by atoms with E-state index in [1.165, 1.54) is 0 Å². The second-order valence-electron chi connectivity index (χ2n) is 6.32. The van der Waals surface area contributed by atoms with Crippen molar-refractivity contribution in [2.45, 2.75) is 33.6 Å². The van der Waals surface area contributed by atoms with Crippen LogP contribution in [0.1, 0.15) is 30.5 Å². The van der Waals surface area contributed by atoms with Crippen molar-refractivity contribution in [3.8, 4) is 11.1 Å². The zero-order valence-corrected chi connectivity index (χ0v) is 14.9. The van der Waals surface area contributed by atoms with Gasteiger partial charge in [-0.15, -0.1) is 0 Å². The van der Waals surface area contributed by atoms with Gasteiger partial charge in [0, 0.05) is 24.7 Å². The number of nitrogens with one attached hydrogen (secondary N) is 1. The fourth-order valence-corrected chi connectivity index (χ4v) is 2.73. The highest BCUT2D eigenvalue weighted by atomic mass is 19.3. The van der Waals surface area contributed by atoms with Crippen molar-refractivity contribution in [2.75, 3.05) is 13.6 Å². The summed E-state index contributed by atoms with van der Waals surface area (Å²) in [6.07, 6.45) is 0. The summed E-state index contributed by atoms with van der Waals surface area (Å²) < 4.78 is 28.3. The molecule has 0 bridgehead atoms. The zero-order chi connectivity index (χ0) is 17.9. The molecule has 0 amide bonds. The topological polar surface area (TPSA) is 24.4 Å². The van der Waals surface area contributed by atoms with E-state index < -0.39 is 5.92 Å². The van der Waals surface area contributed by atoms with E-state index in [4.69, 9.17) is 0 Å². The van der Waals surface area contributed by atoms with E-state index in [0.717, 1.165) is 35.0 Å². The van der Waals surface area contributed by atoms with Crippen LogP contribution in [0.25, 0.3) is 11.1 Å². The van der Waals surface area contributed by atoms with Crippen LogP contribution in [-0.4, -0.2) is 19.3 Å². The molecular formula is C20H24F2N2. The number of rotatable bonds is 5. The Balaban J connectivity index is 2.67. The fourth-order valence-electron chi connectivity index (χ4n) is 2.73. The molecule has 24 heavy (non-hydrogen) atoms. The van der Waals surface area contributed by atoms with E-state index in [9.17, 15) is 8.78 Å². The Kier molecular flexibility index (Phi) is 5.50. The second kappa shape index (κ2) is 7.22. The lowest BCUT2D eigenvalue weighted by Crippen LogP contribution is -2.15. The third kappa shape index (κ3) is 4.26. The number of benzene rings is 2. The summed E-state index contributed by atoms with van der Waals surface area (Å²) in [4.78, 5) is 4.59. The Morgan fingerprint density at radius 3 is 2.46 bits per heavy atom. The Morgan fingerprint density at radius 1 is 1.17 bits per heavy atom. The molecule has 2 aromatic rings. The van der Waals surface area contributed by atoms with E-state index in [1.54, 1.807) is 12.1 Å². The van der Waals surface area contributed by atoms with Crippen LogP contribution in [-0.2, 0) is 5.92 Å². The summed E-state index contributed by atoms with van der Waals surface area (Å²) in [5, 5.41) is 3.05. The van der Waals surface area contributed by atoms with Crippen LogP contribution in [0, 0.1) is 13.8 Å². The predicted octanol–water partition coefficient (Wildman–Crippen LogP) is 5.39. The second-order valence-corrected chi connectivity index (χ2v) is 6.32. The standard InChI is InChI=1S/C20H24F2N2/c1-13-7-6-8-16(9-13)17-11-19(24-15(3)12-23-5)14(2)10-18(17)20(4,21)22/h6-11,23H,12H2,1-5H3. The Morgan fingerprint density at radius 2 is 1.88 bits per heavy atom. The lowest BCUT2D eigenvalue weighted by atomic mass is 9.92. The van der Waals surface area contributed by atoms with Gasteiger partial charge in [0.25, 0.3) is 5.92 Å². The number of aryl methyl sites for hydroxylation is 2. The minimum Gasteiger partial charge on any atom is -0.315 e. The highest BCUT2D eigenvalue weighted by molar-refractivity contribution is 5.87. The summed E-state index contributed by atoms with van der Waals surface area (Å²) in [5.74, 6) is -2.91. The molecule has 128 valence electrons. The quantitative estimate of drug-likeness (QED) is 0.730. The van der Waals surface area contributed by atoms with Gasteiger partial charge in [-0.1, -0.05) is 29.8 Å². The molecule has 0 aliphatic heterocycles. The molecule has 4 heteroatoms. The predicted molar refractivity (Wildman–Crippen MR) is 97.6 cm³/mol. The molecular weight excluding hydrogens is 306 g/mol. The normalized spacial score (nSPS) is 12.5. The van der Waals surface area contributed by atoms with Gasteiger partial charge in [-0.3, -0.25) is 4.99 Å². The van der Waals surface area contributed by atoms with Gasteiger partial charge < -0.3 is 5.32 Å². The molecule has 2 nitrogen and oxygen atoms in total. The van der Waals surface area contributed by atoms with E-state index in [-0.39, 0.29) is 5.56 Å². The minimum atomic E-state index is -2.91. The molecule has 0 saturated heterocycles. The van der Waals surface area contributed by atoms with Crippen molar-refractivity contribution in [3.63, 3.8) is 0 Å². The number of halogens is 2. The first-order chi connectivity index (χ1) is 11.2. The Labute approximate surface area is 142 Å². The van der Waals surface area contributed by atoms with Crippen LogP contribution >= 0.6 is 0 Å². The van der Waals surface area contributed by atoms with Crippen LogP contribution in [0.4, 0.5) is 14.5 Å². The van der Waals surface area contributed by atoms with E-state index in [2.05, 4.69) is 10.3 Å². The van der Waals surface area contributed by atoms with Gasteiger partial charge in [-0.05, 0) is 56.6 Å². The van der Waals surface area contributed by atoms with Crippen molar-refractivity contribution in [1.29, 1.82) is 0 Å². The highest BCUT2D eigenvalue weighted by Crippen LogP contribution is 2.39. The molecule has 0 spiro atoms. The first kappa shape index (κ1) is 18.3. The van der Waals surface area contributed by atoms with Crippen LogP contribution < -0.4 is 5.32 Å². The molecule has 0 aliphatic carbocycles. The number of alkyl halides is 2. The van der Waals surface area contributed by atoms with Gasteiger partial charge >= 0.3 is 0 Å². The molecule has 0 heterocycles. The average Bonchev–Trinajstić information content (AvgIpc) is 2.48.